The van der Waals surface area contributed by atoms with Crippen molar-refractivity contribution >= 4 is 0 Å². The van der Waals surface area contributed by atoms with E-state index in [9.17, 15) is 0 Å². The van der Waals surface area contributed by atoms with Crippen LogP contribution >= 0.6 is 0 Å². The molecule has 0 aliphatic rings. The first-order valence-corrected chi connectivity index (χ1v) is 3.95. The van der Waals surface area contributed by atoms with Crippen LogP contribution in [0.4, 0.5) is 0 Å². The zero-order chi connectivity index (χ0) is 8.74. The van der Waals surface area contributed by atoms with E-state index in [2.05, 4.69) is 29.9 Å². The first kappa shape index (κ1) is 10.8. The van der Waals surface area contributed by atoms with Crippen LogP contribution in [0.2, 0.25) is 0 Å². The van der Waals surface area contributed by atoms with E-state index in [0.717, 1.165) is 19.6 Å². The van der Waals surface area contributed by atoms with Crippen LogP contribution in [0.3, 0.4) is 0 Å². The number of hydrogen-bond donors (Lipinski definition) is 4. The zero-order valence-corrected chi connectivity index (χ0v) is 7.70. The number of rotatable bonds is 6. The average Bonchev–Trinajstić information content (AvgIpc) is 1.87. The summed E-state index contributed by atoms with van der Waals surface area (Å²) in [5.41, 5.74) is 2.73. The highest BCUT2D eigenvalue weighted by Gasteiger charge is 2.14. The molecule has 0 bridgehead atoms. The van der Waals surface area contributed by atoms with Gasteiger partial charge < -0.3 is 10.6 Å². The molecule has 0 aliphatic heterocycles. The molecule has 0 aromatic heterocycles. The van der Waals surface area contributed by atoms with E-state index in [1.165, 1.54) is 0 Å². The summed E-state index contributed by atoms with van der Waals surface area (Å²) >= 11 is 0. The number of likely N-dealkylation sites (N-methyl/N-ethyl adjacent to an activating group) is 1. The first-order chi connectivity index (χ1) is 5.12. The molecule has 0 heterocycles. The Kier molecular flexibility index (Phi) is 5.41. The third-order valence-electron chi connectivity index (χ3n) is 1.52. The molecule has 0 amide bonds. The van der Waals surface area contributed by atoms with Gasteiger partial charge in [0.2, 0.25) is 0 Å². The maximum atomic E-state index is 5.21. The fraction of sp³-hybridized carbons (Fsp3) is 1.00. The summed E-state index contributed by atoms with van der Waals surface area (Å²) in [5, 5.41) is 6.42. The highest BCUT2D eigenvalue weighted by atomic mass is 15.2. The Balaban J connectivity index is 3.38. The second kappa shape index (κ2) is 5.49. The summed E-state index contributed by atoms with van der Waals surface area (Å²) < 4.78 is 0. The molecule has 68 valence electrons. The van der Waals surface area contributed by atoms with E-state index in [-0.39, 0.29) is 5.54 Å². The molecule has 0 fully saturated rings. The van der Waals surface area contributed by atoms with E-state index in [1.807, 2.05) is 7.05 Å². The molecule has 4 heteroatoms. The Bertz CT molecular complexity index is 92.4. The van der Waals surface area contributed by atoms with Crippen LogP contribution in [0, 0.1) is 0 Å². The van der Waals surface area contributed by atoms with Crippen molar-refractivity contribution in [2.75, 3.05) is 26.7 Å². The molecule has 0 saturated carbocycles. The van der Waals surface area contributed by atoms with Crippen LogP contribution in [0.25, 0.3) is 0 Å². The van der Waals surface area contributed by atoms with Crippen molar-refractivity contribution in [3.63, 3.8) is 0 Å². The highest BCUT2D eigenvalue weighted by molar-refractivity contribution is 4.78. The van der Waals surface area contributed by atoms with Gasteiger partial charge in [-0.25, -0.2) is 0 Å². The molecule has 0 spiro atoms. The Morgan fingerprint density at radius 3 is 2.36 bits per heavy atom. The van der Waals surface area contributed by atoms with Crippen LogP contribution in [0.5, 0.6) is 0 Å². The van der Waals surface area contributed by atoms with E-state index in [0.29, 0.717) is 0 Å². The van der Waals surface area contributed by atoms with Crippen molar-refractivity contribution in [3.8, 4) is 0 Å². The van der Waals surface area contributed by atoms with Gasteiger partial charge in [-0.05, 0) is 20.9 Å². The lowest BCUT2D eigenvalue weighted by Crippen LogP contribution is -2.50. The standard InChI is InChI=1S/C7H20N4/c1-7(2,6-11-8)10-5-4-9-3/h9-11H,4-6,8H2,1-3H3. The molecule has 0 aromatic carbocycles. The summed E-state index contributed by atoms with van der Waals surface area (Å²) in [4.78, 5) is 0. The third kappa shape index (κ3) is 6.25. The van der Waals surface area contributed by atoms with Crippen molar-refractivity contribution in [1.29, 1.82) is 0 Å². The van der Waals surface area contributed by atoms with Gasteiger partial charge in [-0.3, -0.25) is 11.3 Å². The predicted octanol–water partition coefficient (Wildman–Crippen LogP) is -0.963. The minimum atomic E-state index is 0.0750. The maximum absolute atomic E-state index is 5.21. The molecule has 0 rings (SSSR count). The molecule has 0 saturated heterocycles. The van der Waals surface area contributed by atoms with Crippen molar-refractivity contribution in [2.24, 2.45) is 5.84 Å². The lowest BCUT2D eigenvalue weighted by atomic mass is 10.1. The van der Waals surface area contributed by atoms with Gasteiger partial charge in [-0.1, -0.05) is 0 Å². The van der Waals surface area contributed by atoms with Crippen LogP contribution in [0.15, 0.2) is 0 Å². The van der Waals surface area contributed by atoms with Crippen LogP contribution in [0.1, 0.15) is 13.8 Å². The van der Waals surface area contributed by atoms with Crippen LogP contribution in [-0.4, -0.2) is 32.2 Å². The second-order valence-electron chi connectivity index (χ2n) is 3.30. The third-order valence-corrected chi connectivity index (χ3v) is 1.52. The monoisotopic (exact) mass is 160 g/mol. The van der Waals surface area contributed by atoms with Crippen molar-refractivity contribution in [3.05, 3.63) is 0 Å². The summed E-state index contributed by atoms with van der Waals surface area (Å²) in [7, 11) is 1.94. The lowest BCUT2D eigenvalue weighted by molar-refractivity contribution is 0.369. The van der Waals surface area contributed by atoms with Gasteiger partial charge in [0.05, 0.1) is 0 Å². The minimum absolute atomic E-state index is 0.0750. The Morgan fingerprint density at radius 1 is 1.27 bits per heavy atom. The molecular weight excluding hydrogens is 140 g/mol. The Morgan fingerprint density at radius 2 is 1.91 bits per heavy atom. The molecule has 0 radical (unpaired) electrons. The minimum Gasteiger partial charge on any atom is -0.318 e. The summed E-state index contributed by atoms with van der Waals surface area (Å²) in [6.45, 7) is 6.95. The first-order valence-electron chi connectivity index (χ1n) is 3.95. The zero-order valence-electron chi connectivity index (χ0n) is 7.70. The molecule has 0 atom stereocenters. The largest absolute Gasteiger partial charge is 0.318 e. The fourth-order valence-electron chi connectivity index (χ4n) is 0.844. The molecule has 11 heavy (non-hydrogen) atoms. The van der Waals surface area contributed by atoms with Crippen molar-refractivity contribution < 1.29 is 0 Å². The smallest absolute Gasteiger partial charge is 0.0275 e. The Labute approximate surface area is 68.9 Å². The van der Waals surface area contributed by atoms with E-state index < -0.39 is 0 Å². The van der Waals surface area contributed by atoms with E-state index >= 15 is 0 Å². The van der Waals surface area contributed by atoms with Crippen molar-refractivity contribution in [2.45, 2.75) is 19.4 Å². The highest BCUT2D eigenvalue weighted by Crippen LogP contribution is 1.97. The molecule has 0 aromatic rings. The molecule has 0 aliphatic carbocycles. The molecule has 5 N–H and O–H groups in total. The van der Waals surface area contributed by atoms with Gasteiger partial charge in [0.1, 0.15) is 0 Å². The van der Waals surface area contributed by atoms with E-state index in [1.54, 1.807) is 0 Å². The van der Waals surface area contributed by atoms with Gasteiger partial charge >= 0.3 is 0 Å². The van der Waals surface area contributed by atoms with Gasteiger partial charge in [0.15, 0.2) is 0 Å². The Hall–Kier alpha value is -0.160. The number of nitrogens with two attached hydrogens (primary N) is 1. The lowest BCUT2D eigenvalue weighted by Gasteiger charge is -2.25. The van der Waals surface area contributed by atoms with Crippen molar-refractivity contribution in [1.82, 2.24) is 16.1 Å². The van der Waals surface area contributed by atoms with E-state index in [4.69, 9.17) is 5.84 Å². The topological polar surface area (TPSA) is 62.1 Å². The summed E-state index contributed by atoms with van der Waals surface area (Å²) in [6.07, 6.45) is 0. The predicted molar refractivity (Wildman–Crippen MR) is 48.2 cm³/mol. The van der Waals surface area contributed by atoms with Gasteiger partial charge in [0.25, 0.3) is 0 Å². The summed E-state index contributed by atoms with van der Waals surface area (Å²) in [5.74, 6) is 5.21. The fourth-order valence-corrected chi connectivity index (χ4v) is 0.844. The van der Waals surface area contributed by atoms with Crippen LogP contribution in [-0.2, 0) is 0 Å². The maximum Gasteiger partial charge on any atom is 0.0275 e. The average molecular weight is 160 g/mol. The molecule has 0 unspecified atom stereocenters. The van der Waals surface area contributed by atoms with Gasteiger partial charge in [-0.2, -0.15) is 0 Å². The number of hydrogen-bond acceptors (Lipinski definition) is 4. The quantitative estimate of drug-likeness (QED) is 0.229. The normalized spacial score (nSPS) is 12.0. The van der Waals surface area contributed by atoms with Crippen LogP contribution < -0.4 is 21.9 Å². The second-order valence-corrected chi connectivity index (χ2v) is 3.30. The number of hydrazine groups is 1. The van der Waals surface area contributed by atoms with Gasteiger partial charge in [0, 0.05) is 25.2 Å². The SMILES string of the molecule is CNCCNC(C)(C)CNN. The molecule has 4 nitrogen and oxygen atoms in total. The van der Waals surface area contributed by atoms with Gasteiger partial charge in [-0.15, -0.1) is 0 Å². The molecular formula is C7H20N4. The summed E-state index contributed by atoms with van der Waals surface area (Å²) in [6, 6.07) is 0. The number of nitrogens with one attached hydrogen (secondary N) is 3.